The molecule has 2 amide bonds. The first-order valence-corrected chi connectivity index (χ1v) is 9.44. The largest absolute Gasteiger partial charge is 0.497 e. The number of nitrogens with zero attached hydrogens (tertiary/aromatic N) is 2. The highest BCUT2D eigenvalue weighted by molar-refractivity contribution is 5.95. The summed E-state index contributed by atoms with van der Waals surface area (Å²) in [7, 11) is 1.62. The van der Waals surface area contributed by atoms with Crippen LogP contribution in [0.4, 0.5) is 0 Å². The average Bonchev–Trinajstić information content (AvgIpc) is 3.04. The minimum Gasteiger partial charge on any atom is -0.497 e. The number of carbonyl (C=O) groups is 2. The molecule has 1 saturated heterocycles. The van der Waals surface area contributed by atoms with E-state index in [-0.39, 0.29) is 11.8 Å². The van der Waals surface area contributed by atoms with Gasteiger partial charge >= 0.3 is 0 Å². The van der Waals surface area contributed by atoms with Gasteiger partial charge in [-0.3, -0.25) is 14.5 Å². The van der Waals surface area contributed by atoms with Crippen LogP contribution in [0.15, 0.2) is 34.7 Å². The number of rotatable bonds is 6. The molecule has 0 bridgehead atoms. The Labute approximate surface area is 165 Å². The predicted octanol–water partition coefficient (Wildman–Crippen LogP) is 1.98. The highest BCUT2D eigenvalue weighted by Crippen LogP contribution is 2.17. The third-order valence-corrected chi connectivity index (χ3v) is 4.92. The molecule has 7 heteroatoms. The Hall–Kier alpha value is -2.80. The van der Waals surface area contributed by atoms with Crippen molar-refractivity contribution in [1.29, 1.82) is 0 Å². The van der Waals surface area contributed by atoms with Gasteiger partial charge in [-0.15, -0.1) is 0 Å². The summed E-state index contributed by atoms with van der Waals surface area (Å²) in [6.07, 6.45) is 0. The van der Waals surface area contributed by atoms with Crippen molar-refractivity contribution in [2.45, 2.75) is 20.4 Å². The molecule has 28 heavy (non-hydrogen) atoms. The SMILES string of the molecule is COc1cccc(CNC(=O)CN2CCN(C(=O)c3cc(C)oc3C)CC2)c1. The van der Waals surface area contributed by atoms with Gasteiger partial charge in [-0.1, -0.05) is 12.1 Å². The van der Waals surface area contributed by atoms with Crippen LogP contribution in [0.3, 0.4) is 0 Å². The summed E-state index contributed by atoms with van der Waals surface area (Å²) in [4.78, 5) is 28.8. The normalized spacial score (nSPS) is 14.8. The van der Waals surface area contributed by atoms with Crippen LogP contribution in [0.1, 0.15) is 27.4 Å². The third kappa shape index (κ3) is 4.92. The summed E-state index contributed by atoms with van der Waals surface area (Å²) < 4.78 is 10.7. The van der Waals surface area contributed by atoms with Crippen molar-refractivity contribution in [1.82, 2.24) is 15.1 Å². The van der Waals surface area contributed by atoms with Gasteiger partial charge in [0.1, 0.15) is 17.3 Å². The zero-order chi connectivity index (χ0) is 20.1. The Kier molecular flexibility index (Phi) is 6.36. The van der Waals surface area contributed by atoms with Crippen molar-refractivity contribution >= 4 is 11.8 Å². The van der Waals surface area contributed by atoms with E-state index in [1.165, 1.54) is 0 Å². The maximum Gasteiger partial charge on any atom is 0.257 e. The van der Waals surface area contributed by atoms with Gasteiger partial charge in [0.15, 0.2) is 0 Å². The molecule has 1 aliphatic rings. The molecule has 0 atom stereocenters. The third-order valence-electron chi connectivity index (χ3n) is 4.92. The van der Waals surface area contributed by atoms with Crippen LogP contribution in [0.2, 0.25) is 0 Å². The van der Waals surface area contributed by atoms with E-state index >= 15 is 0 Å². The number of methoxy groups -OCH3 is 1. The first kappa shape index (κ1) is 19.9. The second-order valence-corrected chi connectivity index (χ2v) is 7.02. The number of carbonyl (C=O) groups excluding carboxylic acids is 2. The molecule has 2 aromatic rings. The lowest BCUT2D eigenvalue weighted by Gasteiger charge is -2.34. The van der Waals surface area contributed by atoms with E-state index in [0.29, 0.717) is 50.6 Å². The lowest BCUT2D eigenvalue weighted by Crippen LogP contribution is -2.51. The molecule has 0 aliphatic carbocycles. The molecule has 150 valence electrons. The van der Waals surface area contributed by atoms with E-state index in [2.05, 4.69) is 10.2 Å². The number of hydrogen-bond acceptors (Lipinski definition) is 5. The van der Waals surface area contributed by atoms with Gasteiger partial charge in [0.25, 0.3) is 5.91 Å². The second kappa shape index (κ2) is 8.93. The highest BCUT2D eigenvalue weighted by atomic mass is 16.5. The van der Waals surface area contributed by atoms with Crippen molar-refractivity contribution in [2.75, 3.05) is 39.8 Å². The van der Waals surface area contributed by atoms with Crippen molar-refractivity contribution in [2.24, 2.45) is 0 Å². The summed E-state index contributed by atoms with van der Waals surface area (Å²) >= 11 is 0. The molecule has 1 aromatic carbocycles. The fourth-order valence-electron chi connectivity index (χ4n) is 3.36. The number of furan rings is 1. The maximum atomic E-state index is 12.6. The lowest BCUT2D eigenvalue weighted by molar-refractivity contribution is -0.122. The number of benzene rings is 1. The van der Waals surface area contributed by atoms with Crippen LogP contribution < -0.4 is 10.1 Å². The van der Waals surface area contributed by atoms with Crippen LogP contribution in [0.25, 0.3) is 0 Å². The van der Waals surface area contributed by atoms with Gasteiger partial charge in [0, 0.05) is 32.7 Å². The number of ether oxygens (including phenoxy) is 1. The van der Waals surface area contributed by atoms with E-state index in [1.54, 1.807) is 13.2 Å². The summed E-state index contributed by atoms with van der Waals surface area (Å²) in [5, 5.41) is 2.94. The molecule has 7 nitrogen and oxygen atoms in total. The first-order valence-electron chi connectivity index (χ1n) is 9.44. The number of piperazine rings is 1. The van der Waals surface area contributed by atoms with E-state index in [1.807, 2.05) is 43.0 Å². The zero-order valence-electron chi connectivity index (χ0n) is 16.7. The molecule has 2 heterocycles. The van der Waals surface area contributed by atoms with Crippen LogP contribution in [-0.4, -0.2) is 61.4 Å². The van der Waals surface area contributed by atoms with E-state index in [0.717, 1.165) is 17.1 Å². The van der Waals surface area contributed by atoms with Gasteiger partial charge < -0.3 is 19.4 Å². The second-order valence-electron chi connectivity index (χ2n) is 7.02. The summed E-state index contributed by atoms with van der Waals surface area (Å²) in [5.41, 5.74) is 1.62. The highest BCUT2D eigenvalue weighted by Gasteiger charge is 2.25. The summed E-state index contributed by atoms with van der Waals surface area (Å²) in [6, 6.07) is 9.42. The standard InChI is InChI=1S/C21H27N3O4/c1-15-11-19(16(2)28-15)21(26)24-9-7-23(8-10-24)14-20(25)22-13-17-5-4-6-18(12-17)27-3/h4-6,11-12H,7-10,13-14H2,1-3H3,(H,22,25). The van der Waals surface area contributed by atoms with Gasteiger partial charge in [-0.2, -0.15) is 0 Å². The zero-order valence-corrected chi connectivity index (χ0v) is 16.7. The molecule has 0 spiro atoms. The smallest absolute Gasteiger partial charge is 0.257 e. The molecule has 3 rings (SSSR count). The van der Waals surface area contributed by atoms with Crippen LogP contribution in [-0.2, 0) is 11.3 Å². The minimum absolute atomic E-state index is 0.00326. The molecule has 0 unspecified atom stereocenters. The molecule has 1 N–H and O–H groups in total. The van der Waals surface area contributed by atoms with Crippen molar-refractivity contribution < 1.29 is 18.7 Å². The molecule has 1 fully saturated rings. The molecule has 0 saturated carbocycles. The fourth-order valence-corrected chi connectivity index (χ4v) is 3.36. The fraction of sp³-hybridized carbons (Fsp3) is 0.429. The Morgan fingerprint density at radius 2 is 1.89 bits per heavy atom. The Morgan fingerprint density at radius 3 is 2.54 bits per heavy atom. The topological polar surface area (TPSA) is 75.0 Å². The Balaban J connectivity index is 1.44. The quantitative estimate of drug-likeness (QED) is 0.823. The van der Waals surface area contributed by atoms with Crippen LogP contribution in [0, 0.1) is 13.8 Å². The predicted molar refractivity (Wildman–Crippen MR) is 105 cm³/mol. The Bertz CT molecular complexity index is 838. The van der Waals surface area contributed by atoms with E-state index < -0.39 is 0 Å². The average molecular weight is 385 g/mol. The summed E-state index contributed by atoms with van der Waals surface area (Å²) in [5.74, 6) is 2.14. The van der Waals surface area contributed by atoms with Crippen LogP contribution in [0.5, 0.6) is 5.75 Å². The van der Waals surface area contributed by atoms with Gasteiger partial charge in [0.2, 0.25) is 5.91 Å². The van der Waals surface area contributed by atoms with E-state index in [4.69, 9.17) is 9.15 Å². The lowest BCUT2D eigenvalue weighted by atomic mass is 10.2. The van der Waals surface area contributed by atoms with Gasteiger partial charge in [0.05, 0.1) is 19.2 Å². The number of aryl methyl sites for hydroxylation is 2. The first-order chi connectivity index (χ1) is 13.5. The molecular formula is C21H27N3O4. The Morgan fingerprint density at radius 1 is 1.14 bits per heavy atom. The number of hydrogen-bond donors (Lipinski definition) is 1. The minimum atomic E-state index is -0.0242. The molecule has 1 aliphatic heterocycles. The van der Waals surface area contributed by atoms with Crippen LogP contribution >= 0.6 is 0 Å². The van der Waals surface area contributed by atoms with Gasteiger partial charge in [-0.25, -0.2) is 0 Å². The van der Waals surface area contributed by atoms with Crippen molar-refractivity contribution in [3.05, 3.63) is 53.0 Å². The van der Waals surface area contributed by atoms with Crippen molar-refractivity contribution in [3.8, 4) is 5.75 Å². The number of amides is 2. The van der Waals surface area contributed by atoms with Crippen molar-refractivity contribution in [3.63, 3.8) is 0 Å². The monoisotopic (exact) mass is 385 g/mol. The molecular weight excluding hydrogens is 358 g/mol. The molecule has 1 aromatic heterocycles. The van der Waals surface area contributed by atoms with Gasteiger partial charge in [-0.05, 0) is 37.6 Å². The maximum absolute atomic E-state index is 12.6. The summed E-state index contributed by atoms with van der Waals surface area (Å²) in [6.45, 7) is 7.00. The molecule has 0 radical (unpaired) electrons. The number of nitrogens with one attached hydrogen (secondary N) is 1. The van der Waals surface area contributed by atoms with E-state index in [9.17, 15) is 9.59 Å².